The fourth-order valence-electron chi connectivity index (χ4n) is 0.923. The largest absolute Gasteiger partial charge is 0.586 e. The van der Waals surface area contributed by atoms with Crippen LogP contribution in [-0.4, -0.2) is 6.29 Å². The number of rotatable bonds is 0. The Morgan fingerprint density at radius 2 is 1.71 bits per heavy atom. The lowest BCUT2D eigenvalue weighted by Crippen LogP contribution is -2.25. The lowest BCUT2D eigenvalue weighted by molar-refractivity contribution is -0.286. The number of halogens is 3. The van der Waals surface area contributed by atoms with Crippen LogP contribution in [0.4, 0.5) is 8.78 Å². The second kappa shape index (κ2) is 4.13. The van der Waals surface area contributed by atoms with Crippen molar-refractivity contribution in [2.75, 3.05) is 0 Å². The maximum absolute atomic E-state index is 12.4. The van der Waals surface area contributed by atoms with E-state index in [4.69, 9.17) is 0 Å². The molecule has 1 aliphatic rings. The quantitative estimate of drug-likeness (QED) is 0.711. The summed E-state index contributed by atoms with van der Waals surface area (Å²) in [5.41, 5.74) is 0. The first-order valence-corrected chi connectivity index (χ1v) is 4.91. The van der Waals surface area contributed by atoms with Crippen LogP contribution in [0.5, 0.6) is 11.5 Å². The van der Waals surface area contributed by atoms with Crippen molar-refractivity contribution in [2.45, 2.75) is 20.1 Å². The highest BCUT2D eigenvalue weighted by molar-refractivity contribution is 9.10. The zero-order valence-electron chi connectivity index (χ0n) is 7.68. The molecular formula is C9H9BrF2O2. The molecule has 0 aromatic heterocycles. The van der Waals surface area contributed by atoms with Crippen LogP contribution in [0.2, 0.25) is 0 Å². The summed E-state index contributed by atoms with van der Waals surface area (Å²) >= 11 is 3.12. The number of benzene rings is 1. The van der Waals surface area contributed by atoms with E-state index in [1.807, 2.05) is 13.8 Å². The van der Waals surface area contributed by atoms with E-state index < -0.39 is 6.29 Å². The number of fused-ring (bicyclic) bond motifs is 1. The van der Waals surface area contributed by atoms with E-state index in [1.165, 1.54) is 12.1 Å². The van der Waals surface area contributed by atoms with Crippen molar-refractivity contribution in [3.8, 4) is 11.5 Å². The molecule has 0 unspecified atom stereocenters. The number of hydrogen-bond donors (Lipinski definition) is 0. The molecule has 0 fully saturated rings. The average Bonchev–Trinajstić information content (AvgIpc) is 2.41. The normalized spacial score (nSPS) is 15.8. The Kier molecular flexibility index (Phi) is 3.31. The topological polar surface area (TPSA) is 18.5 Å². The van der Waals surface area contributed by atoms with Gasteiger partial charge in [0.2, 0.25) is 0 Å². The molecule has 0 spiro atoms. The highest BCUT2D eigenvalue weighted by Crippen LogP contribution is 2.41. The van der Waals surface area contributed by atoms with Crippen LogP contribution in [0.15, 0.2) is 22.7 Å². The molecule has 2 nitrogen and oxygen atoms in total. The van der Waals surface area contributed by atoms with Crippen LogP contribution in [0.1, 0.15) is 13.8 Å². The van der Waals surface area contributed by atoms with E-state index in [1.54, 1.807) is 6.07 Å². The number of hydrogen-bond acceptors (Lipinski definition) is 2. The van der Waals surface area contributed by atoms with E-state index in [0.29, 0.717) is 4.47 Å². The Balaban J connectivity index is 0.000000461. The second-order valence-corrected chi connectivity index (χ2v) is 3.17. The molecule has 1 heterocycles. The molecule has 0 atom stereocenters. The summed E-state index contributed by atoms with van der Waals surface area (Å²) in [4.78, 5) is 0. The molecule has 0 saturated carbocycles. The highest BCUT2D eigenvalue weighted by Gasteiger charge is 2.43. The molecule has 5 heteroatoms. The van der Waals surface area contributed by atoms with Gasteiger partial charge in [0.05, 0.1) is 0 Å². The SMILES string of the molecule is CC.FC1(F)Oc2ccc(Br)cc2O1. The van der Waals surface area contributed by atoms with Gasteiger partial charge >= 0.3 is 6.29 Å². The van der Waals surface area contributed by atoms with Gasteiger partial charge in [-0.1, -0.05) is 29.8 Å². The molecule has 78 valence electrons. The van der Waals surface area contributed by atoms with Gasteiger partial charge in [-0.25, -0.2) is 0 Å². The minimum atomic E-state index is -3.52. The van der Waals surface area contributed by atoms with Crippen molar-refractivity contribution in [1.29, 1.82) is 0 Å². The van der Waals surface area contributed by atoms with Crippen LogP contribution in [0, 0.1) is 0 Å². The van der Waals surface area contributed by atoms with Crippen molar-refractivity contribution < 1.29 is 18.3 Å². The Morgan fingerprint density at radius 1 is 1.14 bits per heavy atom. The summed E-state index contributed by atoms with van der Waals surface area (Å²) in [7, 11) is 0. The highest BCUT2D eigenvalue weighted by atomic mass is 79.9. The predicted octanol–water partition coefficient (Wildman–Crippen LogP) is 3.80. The smallest absolute Gasteiger partial charge is 0.395 e. The van der Waals surface area contributed by atoms with E-state index in [-0.39, 0.29) is 11.5 Å². The van der Waals surface area contributed by atoms with E-state index in [2.05, 4.69) is 25.4 Å². The lowest BCUT2D eigenvalue weighted by Gasteiger charge is -2.04. The first kappa shape index (κ1) is 11.2. The molecule has 0 saturated heterocycles. The maximum Gasteiger partial charge on any atom is 0.586 e. The maximum atomic E-state index is 12.4. The lowest BCUT2D eigenvalue weighted by atomic mass is 10.3. The van der Waals surface area contributed by atoms with Crippen molar-refractivity contribution >= 4 is 15.9 Å². The van der Waals surface area contributed by atoms with Gasteiger partial charge in [-0.3, -0.25) is 0 Å². The average molecular weight is 267 g/mol. The third-order valence-corrected chi connectivity index (χ3v) is 1.86. The van der Waals surface area contributed by atoms with Crippen LogP contribution in [0.25, 0.3) is 0 Å². The van der Waals surface area contributed by atoms with Crippen molar-refractivity contribution in [3.63, 3.8) is 0 Å². The number of ether oxygens (including phenoxy) is 2. The summed E-state index contributed by atoms with van der Waals surface area (Å²) in [5, 5.41) is 0. The number of alkyl halides is 2. The van der Waals surface area contributed by atoms with E-state index >= 15 is 0 Å². The molecule has 0 radical (unpaired) electrons. The molecule has 0 amide bonds. The van der Waals surface area contributed by atoms with Crippen molar-refractivity contribution in [1.82, 2.24) is 0 Å². The molecule has 0 aliphatic carbocycles. The van der Waals surface area contributed by atoms with Gasteiger partial charge in [-0.05, 0) is 18.2 Å². The van der Waals surface area contributed by atoms with Crippen LogP contribution in [0.3, 0.4) is 0 Å². The van der Waals surface area contributed by atoms with Gasteiger partial charge < -0.3 is 9.47 Å². The monoisotopic (exact) mass is 266 g/mol. The first-order valence-electron chi connectivity index (χ1n) is 4.12. The summed E-state index contributed by atoms with van der Waals surface area (Å²) in [5.74, 6) is 0.109. The minimum absolute atomic E-state index is 0.0503. The Bertz CT molecular complexity index is 329. The Morgan fingerprint density at radius 3 is 2.36 bits per heavy atom. The first-order chi connectivity index (χ1) is 6.57. The van der Waals surface area contributed by atoms with Gasteiger partial charge in [0.25, 0.3) is 0 Å². The second-order valence-electron chi connectivity index (χ2n) is 2.26. The van der Waals surface area contributed by atoms with Crippen LogP contribution in [-0.2, 0) is 0 Å². The molecule has 14 heavy (non-hydrogen) atoms. The van der Waals surface area contributed by atoms with Gasteiger partial charge in [0, 0.05) is 4.47 Å². The third kappa shape index (κ3) is 2.35. The van der Waals surface area contributed by atoms with Gasteiger partial charge in [-0.2, -0.15) is 0 Å². The van der Waals surface area contributed by atoms with Crippen molar-refractivity contribution in [3.05, 3.63) is 22.7 Å². The minimum Gasteiger partial charge on any atom is -0.395 e. The van der Waals surface area contributed by atoms with E-state index in [9.17, 15) is 8.78 Å². The van der Waals surface area contributed by atoms with Gasteiger partial charge in [0.1, 0.15) is 0 Å². The standard InChI is InChI=1S/C7H3BrF2O2.C2H6/c8-4-1-2-5-6(3-4)12-7(9,10)11-5;1-2/h1-3H;1-2H3. The Labute approximate surface area is 89.0 Å². The summed E-state index contributed by atoms with van der Waals surface area (Å²) in [6.45, 7) is 4.00. The summed E-state index contributed by atoms with van der Waals surface area (Å²) < 4.78 is 33.8. The van der Waals surface area contributed by atoms with Gasteiger partial charge in [0.15, 0.2) is 11.5 Å². The fourth-order valence-corrected chi connectivity index (χ4v) is 1.26. The summed E-state index contributed by atoms with van der Waals surface area (Å²) in [6.07, 6.45) is -3.52. The van der Waals surface area contributed by atoms with Crippen LogP contribution >= 0.6 is 15.9 Å². The summed E-state index contributed by atoms with van der Waals surface area (Å²) in [6, 6.07) is 4.44. The molecular weight excluding hydrogens is 258 g/mol. The molecule has 0 bridgehead atoms. The van der Waals surface area contributed by atoms with Crippen molar-refractivity contribution in [2.24, 2.45) is 0 Å². The van der Waals surface area contributed by atoms with Crippen LogP contribution < -0.4 is 9.47 Å². The third-order valence-electron chi connectivity index (χ3n) is 1.36. The predicted molar refractivity (Wildman–Crippen MR) is 51.7 cm³/mol. The van der Waals surface area contributed by atoms with Gasteiger partial charge in [-0.15, -0.1) is 8.78 Å². The fraction of sp³-hybridized carbons (Fsp3) is 0.333. The van der Waals surface area contributed by atoms with E-state index in [0.717, 1.165) is 0 Å². The zero-order chi connectivity index (χ0) is 10.8. The molecule has 0 N–H and O–H groups in total. The molecule has 1 aromatic carbocycles. The molecule has 1 aromatic rings. The Hall–Kier alpha value is -0.840. The molecule has 1 aliphatic heterocycles. The molecule has 2 rings (SSSR count). The zero-order valence-corrected chi connectivity index (χ0v) is 9.27.